The zero-order valence-electron chi connectivity index (χ0n) is 12.2. The molecule has 2 N–H and O–H groups in total. The number of hydrogen-bond donors (Lipinski definition) is 1. The second kappa shape index (κ2) is 6.23. The summed E-state index contributed by atoms with van der Waals surface area (Å²) in [6.45, 7) is 0. The molecular weight excluding hydrogens is 258 g/mol. The first-order chi connectivity index (χ1) is 10.2. The number of rotatable bonds is 5. The lowest BCUT2D eigenvalue weighted by Crippen LogP contribution is -2.33. The Bertz CT molecular complexity index is 633. The molecule has 0 fully saturated rings. The van der Waals surface area contributed by atoms with Gasteiger partial charge < -0.3 is 5.73 Å². The molecule has 1 aliphatic rings. The molecule has 1 aliphatic carbocycles. The van der Waals surface area contributed by atoms with Crippen LogP contribution in [0.15, 0.2) is 48.5 Å². The standard InChI is InChI=1S/C19H21NO/c20-18(12-14-5-2-1-3-6-14)19(21)13-15-9-10-16-7-4-8-17(16)11-15/h1-3,5-6,9-11,18H,4,7-8,12-13,20H2. The first-order valence-electron chi connectivity index (χ1n) is 7.65. The van der Waals surface area contributed by atoms with Gasteiger partial charge in [-0.05, 0) is 47.9 Å². The number of Topliss-reactive ketones (excluding diaryl/α,β-unsaturated/α-hetero) is 1. The number of benzene rings is 2. The molecule has 1 unspecified atom stereocenters. The quantitative estimate of drug-likeness (QED) is 0.914. The molecule has 0 radical (unpaired) electrons. The molecule has 2 aromatic rings. The van der Waals surface area contributed by atoms with Crippen LogP contribution in [0.3, 0.4) is 0 Å². The van der Waals surface area contributed by atoms with Gasteiger partial charge >= 0.3 is 0 Å². The van der Waals surface area contributed by atoms with Gasteiger partial charge in [-0.2, -0.15) is 0 Å². The van der Waals surface area contributed by atoms with Gasteiger partial charge in [0.25, 0.3) is 0 Å². The number of carbonyl (C=O) groups excluding carboxylic acids is 1. The maximum atomic E-state index is 12.3. The Kier molecular flexibility index (Phi) is 4.16. The predicted molar refractivity (Wildman–Crippen MR) is 85.3 cm³/mol. The lowest BCUT2D eigenvalue weighted by molar-refractivity contribution is -0.119. The first-order valence-corrected chi connectivity index (χ1v) is 7.65. The van der Waals surface area contributed by atoms with E-state index in [1.165, 1.54) is 24.0 Å². The van der Waals surface area contributed by atoms with E-state index < -0.39 is 6.04 Å². The average molecular weight is 279 g/mol. The third kappa shape index (κ3) is 3.40. The topological polar surface area (TPSA) is 43.1 Å². The number of fused-ring (bicyclic) bond motifs is 1. The van der Waals surface area contributed by atoms with Gasteiger partial charge in [-0.1, -0.05) is 48.5 Å². The van der Waals surface area contributed by atoms with Gasteiger partial charge in [0.2, 0.25) is 0 Å². The van der Waals surface area contributed by atoms with E-state index in [0.717, 1.165) is 17.5 Å². The van der Waals surface area contributed by atoms with Crippen molar-refractivity contribution in [1.29, 1.82) is 0 Å². The molecule has 108 valence electrons. The number of nitrogens with two attached hydrogens (primary N) is 1. The minimum absolute atomic E-state index is 0.122. The Balaban J connectivity index is 1.63. The summed E-state index contributed by atoms with van der Waals surface area (Å²) in [4.78, 5) is 12.3. The predicted octanol–water partition coefficient (Wildman–Crippen LogP) is 2.86. The van der Waals surface area contributed by atoms with Crippen LogP contribution in [-0.2, 0) is 30.5 Å². The maximum absolute atomic E-state index is 12.3. The summed E-state index contributed by atoms with van der Waals surface area (Å²) in [5, 5.41) is 0. The fourth-order valence-corrected chi connectivity index (χ4v) is 3.05. The van der Waals surface area contributed by atoms with Crippen LogP contribution in [0.5, 0.6) is 0 Å². The fourth-order valence-electron chi connectivity index (χ4n) is 3.05. The molecule has 0 spiro atoms. The van der Waals surface area contributed by atoms with Crippen LogP contribution >= 0.6 is 0 Å². The van der Waals surface area contributed by atoms with Gasteiger partial charge in [0, 0.05) is 6.42 Å². The van der Waals surface area contributed by atoms with E-state index in [-0.39, 0.29) is 5.78 Å². The Morgan fingerprint density at radius 3 is 2.57 bits per heavy atom. The average Bonchev–Trinajstić information content (AvgIpc) is 2.95. The molecule has 2 nitrogen and oxygen atoms in total. The summed E-state index contributed by atoms with van der Waals surface area (Å²) < 4.78 is 0. The molecule has 1 atom stereocenters. The van der Waals surface area contributed by atoms with Crippen molar-refractivity contribution in [1.82, 2.24) is 0 Å². The van der Waals surface area contributed by atoms with E-state index in [1.54, 1.807) is 0 Å². The lowest BCUT2D eigenvalue weighted by Gasteiger charge is -2.11. The lowest BCUT2D eigenvalue weighted by atomic mass is 9.97. The zero-order valence-corrected chi connectivity index (χ0v) is 12.2. The molecule has 21 heavy (non-hydrogen) atoms. The Labute approximate surface area is 126 Å². The fraction of sp³-hybridized carbons (Fsp3) is 0.316. The summed E-state index contributed by atoms with van der Waals surface area (Å²) in [6.07, 6.45) is 4.62. The highest BCUT2D eigenvalue weighted by atomic mass is 16.1. The molecule has 2 aromatic carbocycles. The minimum atomic E-state index is -0.416. The first kappa shape index (κ1) is 14.0. The van der Waals surface area contributed by atoms with E-state index in [2.05, 4.69) is 18.2 Å². The zero-order chi connectivity index (χ0) is 14.7. The summed E-state index contributed by atoms with van der Waals surface area (Å²) >= 11 is 0. The van der Waals surface area contributed by atoms with Gasteiger partial charge in [0.15, 0.2) is 5.78 Å². The van der Waals surface area contributed by atoms with E-state index in [9.17, 15) is 4.79 Å². The number of hydrogen-bond acceptors (Lipinski definition) is 2. The molecule has 0 aliphatic heterocycles. The Hall–Kier alpha value is -1.93. The summed E-state index contributed by atoms with van der Waals surface area (Å²) in [7, 11) is 0. The van der Waals surface area contributed by atoms with Crippen LogP contribution in [0.4, 0.5) is 0 Å². The Morgan fingerprint density at radius 2 is 1.76 bits per heavy atom. The van der Waals surface area contributed by atoms with E-state index in [4.69, 9.17) is 5.73 Å². The molecule has 3 rings (SSSR count). The normalized spacial score (nSPS) is 14.7. The van der Waals surface area contributed by atoms with Gasteiger partial charge in [0.05, 0.1) is 6.04 Å². The van der Waals surface area contributed by atoms with Crippen LogP contribution in [0.1, 0.15) is 28.7 Å². The molecule has 0 saturated heterocycles. The smallest absolute Gasteiger partial charge is 0.154 e. The minimum Gasteiger partial charge on any atom is -0.321 e. The van der Waals surface area contributed by atoms with Gasteiger partial charge in [-0.25, -0.2) is 0 Å². The third-order valence-corrected chi connectivity index (χ3v) is 4.25. The molecule has 0 saturated carbocycles. The highest BCUT2D eigenvalue weighted by molar-refractivity contribution is 5.86. The SMILES string of the molecule is NC(Cc1ccccc1)C(=O)Cc1ccc2c(c1)CCC2. The van der Waals surface area contributed by atoms with Crippen molar-refractivity contribution in [3.8, 4) is 0 Å². The maximum Gasteiger partial charge on any atom is 0.154 e. The van der Waals surface area contributed by atoms with Crippen molar-refractivity contribution in [2.75, 3.05) is 0 Å². The molecule has 0 aromatic heterocycles. The third-order valence-electron chi connectivity index (χ3n) is 4.25. The summed E-state index contributed by atoms with van der Waals surface area (Å²) in [6, 6.07) is 16.0. The van der Waals surface area contributed by atoms with Crippen LogP contribution < -0.4 is 5.73 Å². The van der Waals surface area contributed by atoms with Crippen LogP contribution in [0.25, 0.3) is 0 Å². The molecule has 0 heterocycles. The van der Waals surface area contributed by atoms with E-state index in [1.807, 2.05) is 30.3 Å². The molecule has 0 bridgehead atoms. The van der Waals surface area contributed by atoms with Crippen molar-refractivity contribution in [3.05, 3.63) is 70.8 Å². The second-order valence-corrected chi connectivity index (χ2v) is 5.90. The van der Waals surface area contributed by atoms with Crippen LogP contribution in [0, 0.1) is 0 Å². The van der Waals surface area contributed by atoms with Crippen molar-refractivity contribution < 1.29 is 4.79 Å². The number of carbonyl (C=O) groups is 1. The highest BCUT2D eigenvalue weighted by Gasteiger charge is 2.16. The summed E-state index contributed by atoms with van der Waals surface area (Å²) in [5.74, 6) is 0.122. The largest absolute Gasteiger partial charge is 0.321 e. The van der Waals surface area contributed by atoms with E-state index >= 15 is 0 Å². The van der Waals surface area contributed by atoms with Gasteiger partial charge in [-0.15, -0.1) is 0 Å². The highest BCUT2D eigenvalue weighted by Crippen LogP contribution is 2.23. The monoisotopic (exact) mass is 279 g/mol. The van der Waals surface area contributed by atoms with Crippen LogP contribution in [-0.4, -0.2) is 11.8 Å². The van der Waals surface area contributed by atoms with E-state index in [0.29, 0.717) is 12.8 Å². The second-order valence-electron chi connectivity index (χ2n) is 5.90. The van der Waals surface area contributed by atoms with Gasteiger partial charge in [-0.3, -0.25) is 4.79 Å². The molecule has 2 heteroatoms. The molecular formula is C19H21NO. The van der Waals surface area contributed by atoms with Gasteiger partial charge in [0.1, 0.15) is 0 Å². The number of ketones is 1. The van der Waals surface area contributed by atoms with Crippen molar-refractivity contribution in [3.63, 3.8) is 0 Å². The molecule has 0 amide bonds. The number of aryl methyl sites for hydroxylation is 2. The van der Waals surface area contributed by atoms with Crippen LogP contribution in [0.2, 0.25) is 0 Å². The van der Waals surface area contributed by atoms with Crippen molar-refractivity contribution in [2.45, 2.75) is 38.1 Å². The Morgan fingerprint density at radius 1 is 1.00 bits per heavy atom. The summed E-state index contributed by atoms with van der Waals surface area (Å²) in [5.41, 5.74) is 11.1. The van der Waals surface area contributed by atoms with Crippen molar-refractivity contribution >= 4 is 5.78 Å². The van der Waals surface area contributed by atoms with Crippen molar-refractivity contribution in [2.24, 2.45) is 5.73 Å².